The van der Waals surface area contributed by atoms with Crippen molar-refractivity contribution in [1.82, 2.24) is 20.3 Å². The summed E-state index contributed by atoms with van der Waals surface area (Å²) in [6.07, 6.45) is 6.13. The molecule has 0 atom stereocenters. The molecule has 6 heteroatoms. The highest BCUT2D eigenvalue weighted by molar-refractivity contribution is 5.76. The number of pyridine rings is 1. The van der Waals surface area contributed by atoms with Crippen LogP contribution >= 0.6 is 0 Å². The van der Waals surface area contributed by atoms with Crippen LogP contribution in [-0.2, 0) is 17.6 Å². The topological polar surface area (TPSA) is 70.7 Å². The van der Waals surface area contributed by atoms with Gasteiger partial charge in [0.25, 0.3) is 0 Å². The first-order chi connectivity index (χ1) is 11.7. The monoisotopic (exact) mass is 326 g/mol. The SMILES string of the molecule is O=C(CCc1ccncc1)NCCCc1nc2ccc(F)cc2[nH]1. The van der Waals surface area contributed by atoms with E-state index in [4.69, 9.17) is 0 Å². The van der Waals surface area contributed by atoms with Gasteiger partial charge in [-0.25, -0.2) is 9.37 Å². The third-order valence-corrected chi connectivity index (χ3v) is 3.80. The van der Waals surface area contributed by atoms with Crippen molar-refractivity contribution in [3.05, 3.63) is 59.9 Å². The molecule has 5 nitrogen and oxygen atoms in total. The van der Waals surface area contributed by atoms with Crippen LogP contribution in [0.2, 0.25) is 0 Å². The van der Waals surface area contributed by atoms with Crippen LogP contribution in [0.15, 0.2) is 42.7 Å². The van der Waals surface area contributed by atoms with Gasteiger partial charge in [-0.2, -0.15) is 0 Å². The van der Waals surface area contributed by atoms with Crippen molar-refractivity contribution in [2.24, 2.45) is 0 Å². The Hall–Kier alpha value is -2.76. The van der Waals surface area contributed by atoms with Crippen molar-refractivity contribution < 1.29 is 9.18 Å². The second-order valence-corrected chi connectivity index (χ2v) is 5.65. The van der Waals surface area contributed by atoms with Gasteiger partial charge >= 0.3 is 0 Å². The van der Waals surface area contributed by atoms with Gasteiger partial charge in [-0.05, 0) is 48.7 Å². The molecule has 1 aromatic carbocycles. The van der Waals surface area contributed by atoms with Gasteiger partial charge in [-0.15, -0.1) is 0 Å². The van der Waals surface area contributed by atoms with Crippen molar-refractivity contribution in [2.45, 2.75) is 25.7 Å². The smallest absolute Gasteiger partial charge is 0.220 e. The number of aryl methyl sites for hydroxylation is 2. The summed E-state index contributed by atoms with van der Waals surface area (Å²) >= 11 is 0. The minimum absolute atomic E-state index is 0.0403. The fourth-order valence-corrected chi connectivity index (χ4v) is 2.53. The van der Waals surface area contributed by atoms with E-state index in [9.17, 15) is 9.18 Å². The average molecular weight is 326 g/mol. The number of aromatic amines is 1. The van der Waals surface area contributed by atoms with E-state index in [0.29, 0.717) is 31.3 Å². The molecule has 1 amide bonds. The molecule has 2 N–H and O–H groups in total. The number of nitrogens with one attached hydrogen (secondary N) is 2. The molecule has 0 aliphatic carbocycles. The maximum absolute atomic E-state index is 13.1. The molecule has 0 spiro atoms. The van der Waals surface area contributed by atoms with Crippen molar-refractivity contribution in [3.8, 4) is 0 Å². The van der Waals surface area contributed by atoms with Crippen molar-refractivity contribution in [2.75, 3.05) is 6.54 Å². The predicted octanol–water partition coefficient (Wildman–Crippen LogP) is 2.78. The maximum Gasteiger partial charge on any atom is 0.220 e. The first kappa shape index (κ1) is 16.1. The van der Waals surface area contributed by atoms with E-state index in [1.54, 1.807) is 18.5 Å². The summed E-state index contributed by atoms with van der Waals surface area (Å²) in [7, 11) is 0. The van der Waals surface area contributed by atoms with E-state index in [2.05, 4.69) is 20.3 Å². The Morgan fingerprint density at radius 2 is 2.00 bits per heavy atom. The zero-order valence-corrected chi connectivity index (χ0v) is 13.3. The Morgan fingerprint density at radius 3 is 2.83 bits per heavy atom. The lowest BCUT2D eigenvalue weighted by Gasteiger charge is -2.04. The molecule has 0 aliphatic heterocycles. The number of nitrogens with zero attached hydrogens (tertiary/aromatic N) is 2. The maximum atomic E-state index is 13.1. The van der Waals surface area contributed by atoms with E-state index in [0.717, 1.165) is 23.3 Å². The van der Waals surface area contributed by atoms with Crippen molar-refractivity contribution in [1.29, 1.82) is 0 Å². The van der Waals surface area contributed by atoms with Crippen LogP contribution < -0.4 is 5.32 Å². The summed E-state index contributed by atoms with van der Waals surface area (Å²) in [6, 6.07) is 8.32. The fourth-order valence-electron chi connectivity index (χ4n) is 2.53. The van der Waals surface area contributed by atoms with Crippen LogP contribution in [0.5, 0.6) is 0 Å². The average Bonchev–Trinajstić information content (AvgIpc) is 2.99. The van der Waals surface area contributed by atoms with Gasteiger partial charge in [-0.1, -0.05) is 0 Å². The molecule has 24 heavy (non-hydrogen) atoms. The van der Waals surface area contributed by atoms with Gasteiger partial charge in [0.1, 0.15) is 11.6 Å². The number of hydrogen-bond acceptors (Lipinski definition) is 3. The number of benzene rings is 1. The van der Waals surface area contributed by atoms with Crippen LogP contribution in [0.3, 0.4) is 0 Å². The Morgan fingerprint density at radius 1 is 1.17 bits per heavy atom. The molecule has 124 valence electrons. The Bertz CT molecular complexity index is 816. The quantitative estimate of drug-likeness (QED) is 0.656. The number of hydrogen-bond donors (Lipinski definition) is 2. The molecule has 0 fully saturated rings. The van der Waals surface area contributed by atoms with E-state index in [1.807, 2.05) is 12.1 Å². The van der Waals surface area contributed by atoms with Crippen LogP contribution in [0.1, 0.15) is 24.2 Å². The predicted molar refractivity (Wildman–Crippen MR) is 89.9 cm³/mol. The molecule has 0 saturated carbocycles. The molecule has 0 radical (unpaired) electrons. The molecule has 3 aromatic rings. The van der Waals surface area contributed by atoms with Gasteiger partial charge in [0.15, 0.2) is 0 Å². The van der Waals surface area contributed by atoms with Crippen LogP contribution in [-0.4, -0.2) is 27.4 Å². The third-order valence-electron chi connectivity index (χ3n) is 3.80. The summed E-state index contributed by atoms with van der Waals surface area (Å²) in [5.74, 6) is 0.569. The van der Waals surface area contributed by atoms with Crippen molar-refractivity contribution in [3.63, 3.8) is 0 Å². The van der Waals surface area contributed by atoms with E-state index in [1.165, 1.54) is 12.1 Å². The number of carbonyl (C=O) groups excluding carboxylic acids is 1. The first-order valence-electron chi connectivity index (χ1n) is 8.00. The zero-order chi connectivity index (χ0) is 16.8. The normalized spacial score (nSPS) is 10.9. The highest BCUT2D eigenvalue weighted by Gasteiger charge is 2.05. The second kappa shape index (κ2) is 7.68. The minimum atomic E-state index is -0.279. The minimum Gasteiger partial charge on any atom is -0.356 e. The number of imidazole rings is 1. The number of H-pyrrole nitrogens is 1. The summed E-state index contributed by atoms with van der Waals surface area (Å²) < 4.78 is 13.1. The summed E-state index contributed by atoms with van der Waals surface area (Å²) in [5.41, 5.74) is 2.56. The molecule has 2 aromatic heterocycles. The van der Waals surface area contributed by atoms with Crippen LogP contribution in [0.25, 0.3) is 11.0 Å². The summed E-state index contributed by atoms with van der Waals surface area (Å²) in [4.78, 5) is 23.3. The van der Waals surface area contributed by atoms with E-state index in [-0.39, 0.29) is 11.7 Å². The lowest BCUT2D eigenvalue weighted by Crippen LogP contribution is -2.25. The molecule has 2 heterocycles. The molecular weight excluding hydrogens is 307 g/mol. The van der Waals surface area contributed by atoms with Gasteiger partial charge in [-0.3, -0.25) is 9.78 Å². The number of halogens is 1. The van der Waals surface area contributed by atoms with Gasteiger partial charge in [0, 0.05) is 31.8 Å². The van der Waals surface area contributed by atoms with Crippen molar-refractivity contribution >= 4 is 16.9 Å². The second-order valence-electron chi connectivity index (χ2n) is 5.65. The molecule has 0 bridgehead atoms. The Kier molecular flexibility index (Phi) is 5.15. The lowest BCUT2D eigenvalue weighted by atomic mass is 10.1. The number of amides is 1. The molecular formula is C18H19FN4O. The molecule has 0 unspecified atom stereocenters. The standard InChI is InChI=1S/C18H19FN4O/c19-14-4-5-15-16(12-14)23-17(22-15)2-1-9-21-18(24)6-3-13-7-10-20-11-8-13/h4-5,7-8,10-12H,1-3,6,9H2,(H,21,24)(H,22,23). The van der Waals surface area contributed by atoms with Crippen LogP contribution in [0, 0.1) is 5.82 Å². The highest BCUT2D eigenvalue weighted by atomic mass is 19.1. The van der Waals surface area contributed by atoms with E-state index < -0.39 is 0 Å². The van der Waals surface area contributed by atoms with Gasteiger partial charge in [0.2, 0.25) is 5.91 Å². The summed E-state index contributed by atoms with van der Waals surface area (Å²) in [6.45, 7) is 0.598. The Balaban J connectivity index is 1.39. The fraction of sp³-hybridized carbons (Fsp3) is 0.278. The molecule has 0 saturated heterocycles. The van der Waals surface area contributed by atoms with Gasteiger partial charge in [0.05, 0.1) is 11.0 Å². The number of fused-ring (bicyclic) bond motifs is 1. The molecule has 3 rings (SSSR count). The van der Waals surface area contributed by atoms with E-state index >= 15 is 0 Å². The van der Waals surface area contributed by atoms with Gasteiger partial charge < -0.3 is 10.3 Å². The third kappa shape index (κ3) is 4.38. The highest BCUT2D eigenvalue weighted by Crippen LogP contribution is 2.13. The number of aromatic nitrogens is 3. The number of rotatable bonds is 7. The largest absolute Gasteiger partial charge is 0.356 e. The van der Waals surface area contributed by atoms with Crippen LogP contribution in [0.4, 0.5) is 4.39 Å². The Labute approximate surface area is 139 Å². The zero-order valence-electron chi connectivity index (χ0n) is 13.3. The number of carbonyl (C=O) groups is 1. The first-order valence-corrected chi connectivity index (χ1v) is 8.00. The lowest BCUT2D eigenvalue weighted by molar-refractivity contribution is -0.121. The summed E-state index contributed by atoms with van der Waals surface area (Å²) in [5, 5.41) is 2.91. The molecule has 0 aliphatic rings.